The lowest BCUT2D eigenvalue weighted by Crippen LogP contribution is -2.61. The quantitative estimate of drug-likeness (QED) is 0.129. The zero-order valence-corrected chi connectivity index (χ0v) is 27.9. The van der Waals surface area contributed by atoms with Gasteiger partial charge in [0.25, 0.3) is 5.91 Å². The van der Waals surface area contributed by atoms with E-state index in [9.17, 15) is 54.9 Å². The van der Waals surface area contributed by atoms with Crippen LogP contribution in [0.2, 0.25) is 0 Å². The summed E-state index contributed by atoms with van der Waals surface area (Å²) >= 11 is 0. The molecule has 8 atom stereocenters. The molecule has 1 fully saturated rings. The number of carbonyl (C=O) groups excluding carboxylic acids is 3. The third kappa shape index (κ3) is 5.47. The molecule has 1 aliphatic heterocycles. The van der Waals surface area contributed by atoms with Gasteiger partial charge in [-0.2, -0.15) is 0 Å². The molecule has 1 saturated heterocycles. The number of likely N-dealkylation sites (N-methyl/N-ethyl adjacent to an activating group) is 1. The molecule has 6 rings (SSSR count). The zero-order chi connectivity index (χ0) is 37.4. The fourth-order valence-electron chi connectivity index (χ4n) is 7.10. The van der Waals surface area contributed by atoms with Gasteiger partial charge in [0.05, 0.1) is 35.9 Å². The molecule has 0 aromatic heterocycles. The molecule has 3 aliphatic rings. The molecule has 3 aromatic carbocycles. The Morgan fingerprint density at radius 2 is 1.51 bits per heavy atom. The fourth-order valence-corrected chi connectivity index (χ4v) is 7.10. The number of fused-ring (bicyclic) bond motifs is 5. The lowest BCUT2D eigenvalue weighted by molar-refractivity contribution is -0.295. The molecule has 0 radical (unpaired) electrons. The number of phenols is 3. The summed E-state index contributed by atoms with van der Waals surface area (Å²) in [7, 11) is 2.84. The first-order valence-electron chi connectivity index (χ1n) is 15.9. The van der Waals surface area contributed by atoms with Gasteiger partial charge in [-0.05, 0) is 56.6 Å². The van der Waals surface area contributed by atoms with Crippen LogP contribution in [0.3, 0.4) is 0 Å². The smallest absolute Gasteiger partial charge is 0.325 e. The van der Waals surface area contributed by atoms with Gasteiger partial charge in [0.15, 0.2) is 17.9 Å². The summed E-state index contributed by atoms with van der Waals surface area (Å²) in [5.74, 6) is -6.33. The van der Waals surface area contributed by atoms with Crippen molar-refractivity contribution < 1.29 is 69.1 Å². The van der Waals surface area contributed by atoms with E-state index in [0.717, 1.165) is 12.1 Å². The number of methoxy groups -OCH3 is 1. The van der Waals surface area contributed by atoms with Crippen LogP contribution in [-0.4, -0.2) is 110 Å². The molecule has 2 aliphatic carbocycles. The highest BCUT2D eigenvalue weighted by molar-refractivity contribution is 6.31. The maximum Gasteiger partial charge on any atom is 0.325 e. The van der Waals surface area contributed by atoms with Gasteiger partial charge in [0.2, 0.25) is 0 Å². The Kier molecular flexibility index (Phi) is 9.03. The van der Waals surface area contributed by atoms with Crippen molar-refractivity contribution in [2.45, 2.75) is 69.7 Å². The number of ketones is 2. The maximum atomic E-state index is 13.9. The van der Waals surface area contributed by atoms with E-state index in [1.807, 2.05) is 0 Å². The summed E-state index contributed by atoms with van der Waals surface area (Å²) in [6.45, 7) is 4.23. The number of aliphatic hydroxyl groups is 3. The molecule has 0 saturated carbocycles. The Morgan fingerprint density at radius 3 is 2.14 bits per heavy atom. The maximum absolute atomic E-state index is 13.9. The van der Waals surface area contributed by atoms with Crippen molar-refractivity contribution in [2.75, 3.05) is 14.2 Å². The number of aliphatic hydroxyl groups excluding tert-OH is 3. The van der Waals surface area contributed by atoms with Crippen LogP contribution < -0.4 is 15.4 Å². The molecule has 1 heterocycles. The normalized spacial score (nSPS) is 25.6. The van der Waals surface area contributed by atoms with Gasteiger partial charge >= 0.3 is 5.97 Å². The predicted octanol–water partition coefficient (Wildman–Crippen LogP) is 0.925. The van der Waals surface area contributed by atoms with Crippen LogP contribution >= 0.6 is 0 Å². The van der Waals surface area contributed by atoms with E-state index in [-0.39, 0.29) is 44.7 Å². The number of rotatable bonds is 7. The SMILES string of the molecule is CN[C@@H]1[C@H](O)[C@@H](O)[C@H](OC2c3cc(C)c(C(=O)N[C@H](C)C(=O)O)c(O)c3-c3c(cc4c(c3O)C(=O)c3cc(OC)cc(O)c3C4=O)C2O)O[C@@H]1C. The van der Waals surface area contributed by atoms with Gasteiger partial charge in [-0.25, -0.2) is 0 Å². The van der Waals surface area contributed by atoms with Crippen LogP contribution in [0.5, 0.6) is 23.0 Å². The number of nitrogens with one attached hydrogen (secondary N) is 2. The van der Waals surface area contributed by atoms with Crippen molar-refractivity contribution in [1.82, 2.24) is 10.6 Å². The summed E-state index contributed by atoms with van der Waals surface area (Å²) < 4.78 is 17.1. The molecule has 16 nitrogen and oxygen atoms in total. The van der Waals surface area contributed by atoms with Crippen LogP contribution in [0.1, 0.15) is 84.9 Å². The van der Waals surface area contributed by atoms with Crippen molar-refractivity contribution in [3.63, 3.8) is 0 Å². The number of benzene rings is 3. The standard InChI is InChI=1S/C35H36N2O14/c1-10-6-17-22(28(42)19(10)33(46)37-11(2)34(47)48)21-15(27(41)32(17)51-35-31(45)30(44)24(36-4)12(3)50-35)9-16-23(29(21)43)26(40)14-7-13(49-5)8-18(38)20(14)25(16)39/h6-9,11-12,24,27,30-32,35-36,38,41-45H,1-5H3,(H,37,46)(H,47,48)/t11-,12-,24+,27?,30+,31-,32?,35+/m1/s1. The molecular formula is C35H36N2O14. The van der Waals surface area contributed by atoms with Crippen LogP contribution in [0.25, 0.3) is 11.1 Å². The average molecular weight is 709 g/mol. The van der Waals surface area contributed by atoms with E-state index in [4.69, 9.17) is 14.2 Å². The monoisotopic (exact) mass is 708 g/mol. The van der Waals surface area contributed by atoms with E-state index >= 15 is 0 Å². The number of aliphatic carboxylic acids is 1. The van der Waals surface area contributed by atoms with Crippen molar-refractivity contribution in [3.05, 3.63) is 68.8 Å². The van der Waals surface area contributed by atoms with Crippen molar-refractivity contribution >= 4 is 23.4 Å². The molecule has 0 spiro atoms. The predicted molar refractivity (Wildman–Crippen MR) is 174 cm³/mol. The minimum Gasteiger partial charge on any atom is -0.507 e. The second-order valence-corrected chi connectivity index (χ2v) is 12.8. The minimum absolute atomic E-state index is 0.0426. The van der Waals surface area contributed by atoms with Crippen molar-refractivity contribution in [1.29, 1.82) is 0 Å². The third-order valence-corrected chi connectivity index (χ3v) is 9.70. The van der Waals surface area contributed by atoms with Gasteiger partial charge < -0.3 is 60.6 Å². The Bertz CT molecular complexity index is 2010. The van der Waals surface area contributed by atoms with Crippen molar-refractivity contribution in [3.8, 4) is 34.1 Å². The summed E-state index contributed by atoms with van der Waals surface area (Å²) in [5, 5.41) is 82.5. The first-order chi connectivity index (χ1) is 24.0. The number of carboxylic acids is 1. The number of aryl methyl sites for hydroxylation is 1. The van der Waals surface area contributed by atoms with Crippen LogP contribution in [0.4, 0.5) is 0 Å². The molecule has 0 bridgehead atoms. The van der Waals surface area contributed by atoms with Crippen LogP contribution in [-0.2, 0) is 14.3 Å². The van der Waals surface area contributed by atoms with E-state index < -0.39 is 106 Å². The zero-order valence-electron chi connectivity index (χ0n) is 27.9. The summed E-state index contributed by atoms with van der Waals surface area (Å²) in [6.07, 6.45) is -8.68. The highest BCUT2D eigenvalue weighted by Gasteiger charge is 2.48. The van der Waals surface area contributed by atoms with Gasteiger partial charge in [-0.3, -0.25) is 19.2 Å². The number of hydrogen-bond donors (Lipinski definition) is 9. The van der Waals surface area contributed by atoms with Gasteiger partial charge in [0, 0.05) is 28.3 Å². The van der Waals surface area contributed by atoms with Crippen LogP contribution in [0.15, 0.2) is 24.3 Å². The Balaban J connectivity index is 1.58. The van der Waals surface area contributed by atoms with Gasteiger partial charge in [0.1, 0.15) is 53.5 Å². The number of phenolic OH excluding ortho intramolecular Hbond substituents is 3. The minimum atomic E-state index is -1.80. The third-order valence-electron chi connectivity index (χ3n) is 9.70. The average Bonchev–Trinajstić information content (AvgIpc) is 3.07. The fraction of sp³-hybridized carbons (Fsp3) is 0.371. The lowest BCUT2D eigenvalue weighted by atomic mass is 9.74. The molecule has 1 amide bonds. The number of carbonyl (C=O) groups is 4. The second kappa shape index (κ2) is 12.9. The molecule has 2 unspecified atom stereocenters. The number of hydrogen-bond acceptors (Lipinski definition) is 14. The van der Waals surface area contributed by atoms with E-state index in [1.165, 1.54) is 33.1 Å². The molecule has 51 heavy (non-hydrogen) atoms. The summed E-state index contributed by atoms with van der Waals surface area (Å²) in [4.78, 5) is 52.7. The van der Waals surface area contributed by atoms with Crippen molar-refractivity contribution in [2.24, 2.45) is 0 Å². The topological polar surface area (TPSA) is 262 Å². The first-order valence-corrected chi connectivity index (χ1v) is 15.9. The van der Waals surface area contributed by atoms with Gasteiger partial charge in [-0.1, -0.05) is 6.07 Å². The summed E-state index contributed by atoms with van der Waals surface area (Å²) in [5.41, 5.74) is -2.88. The van der Waals surface area contributed by atoms with E-state index in [2.05, 4.69) is 10.6 Å². The highest BCUT2D eigenvalue weighted by Crippen LogP contribution is 2.57. The van der Waals surface area contributed by atoms with Crippen LogP contribution in [0, 0.1) is 6.92 Å². The molecule has 9 N–H and O–H groups in total. The van der Waals surface area contributed by atoms with E-state index in [0.29, 0.717) is 0 Å². The largest absolute Gasteiger partial charge is 0.507 e. The first kappa shape index (κ1) is 35.7. The number of amides is 1. The molecule has 270 valence electrons. The Labute approximate surface area is 289 Å². The Morgan fingerprint density at radius 1 is 0.882 bits per heavy atom. The number of ether oxygens (including phenoxy) is 3. The summed E-state index contributed by atoms with van der Waals surface area (Å²) in [6, 6.07) is 2.69. The van der Waals surface area contributed by atoms with Gasteiger partial charge in [-0.15, -0.1) is 0 Å². The molecule has 3 aromatic rings. The number of carboxylic acid groups (broad SMARTS) is 1. The lowest BCUT2D eigenvalue weighted by Gasteiger charge is -2.44. The Hall–Kier alpha value is -5.10. The molecular weight excluding hydrogens is 672 g/mol. The number of aromatic hydroxyl groups is 3. The highest BCUT2D eigenvalue weighted by atomic mass is 16.7. The molecule has 16 heteroatoms. The van der Waals surface area contributed by atoms with E-state index in [1.54, 1.807) is 14.0 Å². The second-order valence-electron chi connectivity index (χ2n) is 12.8.